The van der Waals surface area contributed by atoms with Crippen LogP contribution in [-0.2, 0) is 9.59 Å². The maximum Gasteiger partial charge on any atom is 0.314 e. The van der Waals surface area contributed by atoms with Gasteiger partial charge in [0.1, 0.15) is 10.0 Å². The van der Waals surface area contributed by atoms with Crippen molar-refractivity contribution in [3.05, 3.63) is 59.6 Å². The number of esters is 1. The molecule has 0 heterocycles. The molecular formula is C21H17Cl5O3. The lowest BCUT2D eigenvalue weighted by Gasteiger charge is -2.21. The predicted octanol–water partition coefficient (Wildman–Crippen LogP) is 7.68. The standard InChI is InChI=1S/C21H17Cl5O3/c1-8-4-5-11(7-12-9(2)6-13(27)14(8)12)10(3)21(28)29-20-18(25)16(23)15(22)17(24)19(20)26/h6-7,10-11H,4-5H2,1-3H3. The van der Waals surface area contributed by atoms with Gasteiger partial charge in [0.25, 0.3) is 0 Å². The fraction of sp³-hybridized carbons (Fsp3) is 0.333. The second kappa shape index (κ2) is 8.64. The van der Waals surface area contributed by atoms with Crippen LogP contribution in [0.2, 0.25) is 25.1 Å². The van der Waals surface area contributed by atoms with Crippen molar-refractivity contribution >= 4 is 69.8 Å². The number of benzene rings is 1. The van der Waals surface area contributed by atoms with Crippen LogP contribution in [0, 0.1) is 11.8 Å². The molecule has 2 aliphatic rings. The van der Waals surface area contributed by atoms with Gasteiger partial charge in [-0.2, -0.15) is 0 Å². The van der Waals surface area contributed by atoms with E-state index in [2.05, 4.69) is 0 Å². The molecule has 1 aromatic carbocycles. The van der Waals surface area contributed by atoms with Crippen LogP contribution < -0.4 is 4.74 Å². The average molecular weight is 495 g/mol. The van der Waals surface area contributed by atoms with Gasteiger partial charge in [0.2, 0.25) is 0 Å². The molecule has 0 fully saturated rings. The van der Waals surface area contributed by atoms with Crippen molar-refractivity contribution in [2.75, 3.05) is 0 Å². The summed E-state index contributed by atoms with van der Waals surface area (Å²) in [5, 5.41) is -0.238. The van der Waals surface area contributed by atoms with Gasteiger partial charge in [0.15, 0.2) is 11.5 Å². The zero-order chi connectivity index (χ0) is 21.6. The molecule has 3 nitrogen and oxygen atoms in total. The van der Waals surface area contributed by atoms with Crippen molar-refractivity contribution in [2.24, 2.45) is 11.8 Å². The van der Waals surface area contributed by atoms with Crippen molar-refractivity contribution in [1.29, 1.82) is 0 Å². The highest BCUT2D eigenvalue weighted by molar-refractivity contribution is 6.55. The quantitative estimate of drug-likeness (QED) is 0.187. The van der Waals surface area contributed by atoms with Gasteiger partial charge in [0.05, 0.1) is 21.0 Å². The number of carbonyl (C=O) groups excluding carboxylic acids is 2. The Hall–Kier alpha value is -0.970. The van der Waals surface area contributed by atoms with Crippen molar-refractivity contribution in [2.45, 2.75) is 33.6 Å². The third-order valence-electron chi connectivity index (χ3n) is 5.33. The summed E-state index contributed by atoms with van der Waals surface area (Å²) in [7, 11) is 0. The fourth-order valence-electron chi connectivity index (χ4n) is 3.57. The van der Waals surface area contributed by atoms with Crippen LogP contribution in [0.25, 0.3) is 0 Å². The Morgan fingerprint density at radius 2 is 1.59 bits per heavy atom. The van der Waals surface area contributed by atoms with Gasteiger partial charge >= 0.3 is 5.97 Å². The van der Waals surface area contributed by atoms with Gasteiger partial charge in [-0.3, -0.25) is 9.59 Å². The van der Waals surface area contributed by atoms with Crippen molar-refractivity contribution in [1.82, 2.24) is 0 Å². The molecule has 0 amide bonds. The van der Waals surface area contributed by atoms with E-state index in [1.165, 1.54) is 0 Å². The van der Waals surface area contributed by atoms with Crippen LogP contribution in [-0.4, -0.2) is 11.8 Å². The van der Waals surface area contributed by atoms with Crippen LogP contribution in [0.1, 0.15) is 33.6 Å². The number of ether oxygens (including phenoxy) is 1. The van der Waals surface area contributed by atoms with E-state index < -0.39 is 11.9 Å². The highest BCUT2D eigenvalue weighted by Gasteiger charge is 2.33. The molecule has 2 atom stereocenters. The number of ketones is 1. The van der Waals surface area contributed by atoms with E-state index in [0.717, 1.165) is 22.3 Å². The van der Waals surface area contributed by atoms with E-state index in [1.807, 2.05) is 19.9 Å². The number of hydrogen-bond donors (Lipinski definition) is 0. The topological polar surface area (TPSA) is 43.4 Å². The Labute approximate surface area is 194 Å². The number of fused-ring (bicyclic) bond motifs is 1. The van der Waals surface area contributed by atoms with Crippen LogP contribution in [0.4, 0.5) is 0 Å². The molecule has 0 aromatic heterocycles. The van der Waals surface area contributed by atoms with Crippen molar-refractivity contribution < 1.29 is 14.3 Å². The Morgan fingerprint density at radius 3 is 2.17 bits per heavy atom. The Bertz CT molecular complexity index is 991. The van der Waals surface area contributed by atoms with Gasteiger partial charge in [-0.25, -0.2) is 0 Å². The molecule has 154 valence electrons. The molecule has 2 aliphatic carbocycles. The van der Waals surface area contributed by atoms with Crippen LogP contribution >= 0.6 is 58.0 Å². The number of rotatable bonds is 3. The Morgan fingerprint density at radius 1 is 1.03 bits per heavy atom. The van der Waals surface area contributed by atoms with E-state index in [0.29, 0.717) is 12.8 Å². The van der Waals surface area contributed by atoms with E-state index in [4.69, 9.17) is 62.7 Å². The van der Waals surface area contributed by atoms with E-state index in [-0.39, 0.29) is 42.6 Å². The number of hydrogen-bond acceptors (Lipinski definition) is 3. The second-order valence-corrected chi connectivity index (χ2v) is 9.13. The predicted molar refractivity (Wildman–Crippen MR) is 119 cm³/mol. The number of carbonyl (C=O) groups is 2. The normalized spacial score (nSPS) is 20.1. The molecule has 1 aromatic rings. The first-order valence-corrected chi connectivity index (χ1v) is 10.8. The van der Waals surface area contributed by atoms with E-state index in [9.17, 15) is 9.59 Å². The maximum absolute atomic E-state index is 12.9. The molecule has 29 heavy (non-hydrogen) atoms. The summed E-state index contributed by atoms with van der Waals surface area (Å²) in [4.78, 5) is 25.1. The highest BCUT2D eigenvalue weighted by Crippen LogP contribution is 2.48. The molecular weight excluding hydrogens is 477 g/mol. The average Bonchev–Trinajstić information content (AvgIpc) is 2.85. The smallest absolute Gasteiger partial charge is 0.314 e. The molecule has 0 aliphatic heterocycles. The zero-order valence-electron chi connectivity index (χ0n) is 15.8. The first-order valence-electron chi connectivity index (χ1n) is 8.92. The summed E-state index contributed by atoms with van der Waals surface area (Å²) in [6.45, 7) is 5.62. The van der Waals surface area contributed by atoms with Crippen LogP contribution in [0.3, 0.4) is 0 Å². The highest BCUT2D eigenvalue weighted by atomic mass is 35.5. The van der Waals surface area contributed by atoms with Crippen molar-refractivity contribution in [3.8, 4) is 5.75 Å². The molecule has 8 heteroatoms. The lowest BCUT2D eigenvalue weighted by Crippen LogP contribution is -2.25. The third-order valence-corrected chi connectivity index (χ3v) is 7.58. The van der Waals surface area contributed by atoms with Crippen LogP contribution in [0.5, 0.6) is 5.75 Å². The summed E-state index contributed by atoms with van der Waals surface area (Å²) in [6.07, 6.45) is 5.04. The van der Waals surface area contributed by atoms with Crippen LogP contribution in [0.15, 0.2) is 34.4 Å². The summed E-state index contributed by atoms with van der Waals surface area (Å²) >= 11 is 30.4. The molecule has 0 spiro atoms. The first-order chi connectivity index (χ1) is 13.5. The first kappa shape index (κ1) is 22.7. The summed E-state index contributed by atoms with van der Waals surface area (Å²) < 4.78 is 5.48. The summed E-state index contributed by atoms with van der Waals surface area (Å²) in [5.41, 5.74) is 3.56. The minimum atomic E-state index is -0.530. The van der Waals surface area contributed by atoms with E-state index >= 15 is 0 Å². The van der Waals surface area contributed by atoms with Crippen molar-refractivity contribution in [3.63, 3.8) is 0 Å². The minimum Gasteiger partial charge on any atom is -0.423 e. The summed E-state index contributed by atoms with van der Waals surface area (Å²) in [5.74, 6) is -1.27. The Kier molecular flexibility index (Phi) is 6.77. The minimum absolute atomic E-state index is 0.00748. The molecule has 2 unspecified atom stereocenters. The molecule has 0 saturated carbocycles. The maximum atomic E-state index is 12.9. The van der Waals surface area contributed by atoms with E-state index in [1.54, 1.807) is 13.0 Å². The number of allylic oxidation sites excluding steroid dienone is 6. The third kappa shape index (κ3) is 4.13. The SMILES string of the molecule is CC1=CC(=O)C2=C(C)CCC(C(C)C(=O)Oc3c(Cl)c(Cl)c(Cl)c(Cl)c3Cl)C=C12. The van der Waals surface area contributed by atoms with Gasteiger partial charge in [-0.15, -0.1) is 0 Å². The molecule has 0 bridgehead atoms. The van der Waals surface area contributed by atoms with Gasteiger partial charge in [-0.05, 0) is 49.8 Å². The molecule has 3 rings (SSSR count). The molecule has 0 N–H and O–H groups in total. The zero-order valence-corrected chi connectivity index (χ0v) is 19.6. The monoisotopic (exact) mass is 492 g/mol. The summed E-state index contributed by atoms with van der Waals surface area (Å²) in [6, 6.07) is 0. The lowest BCUT2D eigenvalue weighted by atomic mass is 9.88. The van der Waals surface area contributed by atoms with Gasteiger partial charge < -0.3 is 4.74 Å². The fourth-order valence-corrected chi connectivity index (χ4v) is 4.77. The molecule has 0 radical (unpaired) electrons. The largest absolute Gasteiger partial charge is 0.423 e. The number of halogens is 5. The van der Waals surface area contributed by atoms with Gasteiger partial charge in [0, 0.05) is 5.57 Å². The lowest BCUT2D eigenvalue weighted by molar-refractivity contribution is -0.139. The molecule has 0 saturated heterocycles. The Balaban J connectivity index is 1.88. The van der Waals surface area contributed by atoms with Gasteiger partial charge in [-0.1, -0.05) is 76.6 Å². The second-order valence-electron chi connectivity index (χ2n) is 7.24.